The lowest BCUT2D eigenvalue weighted by atomic mass is 9.97. The standard InChI is InChI=1S/C14H10F11N2.CH4O4S/c1-26-7-5-3-4-6-8(7)27(2)9(26)10(15,16)11(17,18)12(19,20)13(21,22)14(23,24)25;1-5-6(2,3)4/h3-6H,1-2H3;1H3,(H,2,3,4)/q+1;/p-1. The highest BCUT2D eigenvalue weighted by molar-refractivity contribution is 7.80. The van der Waals surface area contributed by atoms with Crippen LogP contribution in [0.2, 0.25) is 0 Å². The van der Waals surface area contributed by atoms with E-state index in [-0.39, 0.29) is 11.0 Å². The second-order valence-corrected chi connectivity index (χ2v) is 7.45. The lowest BCUT2D eigenvalue weighted by Gasteiger charge is -2.35. The molecule has 0 radical (unpaired) electrons. The Morgan fingerprint density at radius 1 is 0.879 bits per heavy atom. The average Bonchev–Trinajstić information content (AvgIpc) is 2.91. The van der Waals surface area contributed by atoms with Gasteiger partial charge in [0.1, 0.15) is 0 Å². The van der Waals surface area contributed by atoms with Gasteiger partial charge in [0.15, 0.2) is 11.0 Å². The molecular formula is C15H13F11N2O4S. The van der Waals surface area contributed by atoms with Gasteiger partial charge in [-0.25, -0.2) is 17.6 Å². The van der Waals surface area contributed by atoms with E-state index < -0.39 is 46.1 Å². The van der Waals surface area contributed by atoms with Crippen molar-refractivity contribution < 1.29 is 70.0 Å². The third kappa shape index (κ3) is 4.72. The summed E-state index contributed by atoms with van der Waals surface area (Å²) >= 11 is 0. The molecule has 0 aliphatic carbocycles. The van der Waals surface area contributed by atoms with Gasteiger partial charge in [0.05, 0.1) is 21.2 Å². The molecular weight excluding hydrogens is 513 g/mol. The summed E-state index contributed by atoms with van der Waals surface area (Å²) in [5.74, 6) is -29.9. The first kappa shape index (κ1) is 28.8. The third-order valence-electron chi connectivity index (χ3n) is 4.26. The van der Waals surface area contributed by atoms with Crippen LogP contribution in [0.4, 0.5) is 48.3 Å². The minimum Gasteiger partial charge on any atom is -0.726 e. The molecule has 2 rings (SSSR count). The Bertz CT molecular complexity index is 1070. The maximum Gasteiger partial charge on any atom is 0.460 e. The number of aryl methyl sites for hydroxylation is 2. The number of fused-ring (bicyclic) bond motifs is 1. The van der Waals surface area contributed by atoms with Gasteiger partial charge in [0.25, 0.3) is 0 Å². The summed E-state index contributed by atoms with van der Waals surface area (Å²) in [5.41, 5.74) is -0.340. The van der Waals surface area contributed by atoms with Crippen molar-refractivity contribution in [3.05, 3.63) is 30.1 Å². The molecule has 0 spiro atoms. The molecule has 1 aromatic carbocycles. The van der Waals surface area contributed by atoms with Crippen LogP contribution in [-0.2, 0) is 34.6 Å². The van der Waals surface area contributed by atoms with Crippen molar-refractivity contribution in [1.82, 2.24) is 4.57 Å². The van der Waals surface area contributed by atoms with Crippen LogP contribution in [0.1, 0.15) is 5.82 Å². The molecule has 1 aromatic heterocycles. The minimum absolute atomic E-state index is 0.170. The number of para-hydroxylation sites is 2. The summed E-state index contributed by atoms with van der Waals surface area (Å²) in [6, 6.07) is 4.84. The number of aromatic nitrogens is 2. The Morgan fingerprint density at radius 2 is 1.30 bits per heavy atom. The summed E-state index contributed by atoms with van der Waals surface area (Å²) in [4.78, 5) is 0. The predicted octanol–water partition coefficient (Wildman–Crippen LogP) is 3.66. The Labute approximate surface area is 178 Å². The van der Waals surface area contributed by atoms with Crippen molar-refractivity contribution in [1.29, 1.82) is 0 Å². The van der Waals surface area contributed by atoms with Gasteiger partial charge in [-0.15, -0.1) is 0 Å². The van der Waals surface area contributed by atoms with Crippen molar-refractivity contribution in [3.8, 4) is 0 Å². The van der Waals surface area contributed by atoms with Gasteiger partial charge in [-0.2, -0.15) is 48.3 Å². The van der Waals surface area contributed by atoms with Crippen LogP contribution in [0.25, 0.3) is 11.0 Å². The molecule has 33 heavy (non-hydrogen) atoms. The summed E-state index contributed by atoms with van der Waals surface area (Å²) in [6.07, 6.45) is -7.18. The minimum atomic E-state index is -7.44. The van der Waals surface area contributed by atoms with Crippen molar-refractivity contribution in [2.24, 2.45) is 14.1 Å². The van der Waals surface area contributed by atoms with E-state index in [1.807, 2.05) is 0 Å². The van der Waals surface area contributed by atoms with Crippen molar-refractivity contribution in [3.63, 3.8) is 0 Å². The van der Waals surface area contributed by atoms with Crippen LogP contribution in [0.15, 0.2) is 24.3 Å². The van der Waals surface area contributed by atoms with E-state index in [2.05, 4.69) is 4.18 Å². The molecule has 0 aliphatic rings. The summed E-state index contributed by atoms with van der Waals surface area (Å²) in [5, 5.41) is 0. The molecule has 0 fully saturated rings. The highest BCUT2D eigenvalue weighted by atomic mass is 32.3. The molecule has 2 aromatic rings. The van der Waals surface area contributed by atoms with Gasteiger partial charge >= 0.3 is 35.7 Å². The molecule has 0 amide bonds. The fraction of sp³-hybridized carbons (Fsp3) is 0.533. The fourth-order valence-electron chi connectivity index (χ4n) is 2.62. The lowest BCUT2D eigenvalue weighted by molar-refractivity contribution is -0.668. The molecule has 0 atom stereocenters. The topological polar surface area (TPSA) is 75.2 Å². The van der Waals surface area contributed by atoms with Gasteiger partial charge in [0, 0.05) is 0 Å². The van der Waals surface area contributed by atoms with E-state index in [1.54, 1.807) is 0 Å². The number of alkyl halides is 11. The maximum absolute atomic E-state index is 14.3. The third-order valence-corrected chi connectivity index (χ3v) is 4.67. The SMILES string of the molecule is COS(=O)(=O)[O-].Cn1c(C(F)(F)C(F)(F)C(F)(F)C(F)(F)C(F)(F)F)[n+](C)c2ccccc21. The molecule has 0 unspecified atom stereocenters. The van der Waals surface area contributed by atoms with Gasteiger partial charge in [-0.05, 0) is 12.1 Å². The number of hydrogen-bond donors (Lipinski definition) is 0. The fourth-order valence-corrected chi connectivity index (χ4v) is 2.62. The Hall–Kier alpha value is -2.21. The molecule has 18 heteroatoms. The van der Waals surface area contributed by atoms with Crippen LogP contribution >= 0.6 is 0 Å². The van der Waals surface area contributed by atoms with Gasteiger partial charge in [-0.3, -0.25) is 4.18 Å². The van der Waals surface area contributed by atoms with Crippen LogP contribution in [0.5, 0.6) is 0 Å². The molecule has 0 bridgehead atoms. The largest absolute Gasteiger partial charge is 0.726 e. The van der Waals surface area contributed by atoms with E-state index in [4.69, 9.17) is 0 Å². The lowest BCUT2D eigenvalue weighted by Crippen LogP contribution is -2.66. The zero-order chi connectivity index (χ0) is 26.4. The quantitative estimate of drug-likeness (QED) is 0.258. The van der Waals surface area contributed by atoms with Gasteiger partial charge in [-0.1, -0.05) is 12.1 Å². The van der Waals surface area contributed by atoms with Crippen LogP contribution in [0, 0.1) is 0 Å². The van der Waals surface area contributed by atoms with E-state index in [9.17, 15) is 61.3 Å². The maximum atomic E-state index is 14.3. The van der Waals surface area contributed by atoms with Crippen LogP contribution < -0.4 is 4.57 Å². The molecule has 6 nitrogen and oxygen atoms in total. The zero-order valence-corrected chi connectivity index (χ0v) is 17.2. The zero-order valence-electron chi connectivity index (χ0n) is 16.4. The highest BCUT2D eigenvalue weighted by Gasteiger charge is 2.89. The number of rotatable bonds is 5. The van der Waals surface area contributed by atoms with Crippen molar-refractivity contribution >= 4 is 21.4 Å². The van der Waals surface area contributed by atoms with E-state index in [0.717, 1.165) is 33.3 Å². The second kappa shape index (κ2) is 8.53. The predicted molar refractivity (Wildman–Crippen MR) is 85.6 cm³/mol. The number of nitrogens with zero attached hydrogens (tertiary/aromatic N) is 2. The second-order valence-electron chi connectivity index (χ2n) is 6.30. The number of halogens is 11. The molecule has 0 N–H and O–H groups in total. The first-order valence-electron chi connectivity index (χ1n) is 8.02. The monoisotopic (exact) mass is 526 g/mol. The molecule has 0 saturated heterocycles. The van der Waals surface area contributed by atoms with Crippen LogP contribution in [-0.4, -0.2) is 48.6 Å². The van der Waals surface area contributed by atoms with Crippen LogP contribution in [0.3, 0.4) is 0 Å². The Kier molecular flexibility index (Phi) is 7.45. The summed E-state index contributed by atoms with van der Waals surface area (Å²) < 4.78 is 177. The number of benzene rings is 1. The normalized spacial score (nSPS) is 14.3. The Balaban J connectivity index is 0.000000801. The molecule has 190 valence electrons. The number of hydrogen-bond acceptors (Lipinski definition) is 4. The summed E-state index contributed by atoms with van der Waals surface area (Å²) in [6.45, 7) is 0. The molecule has 1 heterocycles. The van der Waals surface area contributed by atoms with E-state index >= 15 is 0 Å². The average molecular weight is 526 g/mol. The van der Waals surface area contributed by atoms with Gasteiger partial charge in [0.2, 0.25) is 10.4 Å². The number of imidazole rings is 1. The first-order chi connectivity index (χ1) is 14.5. The highest BCUT2D eigenvalue weighted by Crippen LogP contribution is 2.59. The van der Waals surface area contributed by atoms with E-state index in [0.29, 0.717) is 9.13 Å². The first-order valence-corrected chi connectivity index (χ1v) is 9.35. The molecule has 0 saturated carbocycles. The summed E-state index contributed by atoms with van der Waals surface area (Å²) in [7, 11) is -2.10. The smallest absolute Gasteiger partial charge is 0.460 e. The van der Waals surface area contributed by atoms with Crippen molar-refractivity contribution in [2.75, 3.05) is 7.11 Å². The van der Waals surface area contributed by atoms with Gasteiger partial charge < -0.3 is 4.55 Å². The molecule has 0 aliphatic heterocycles. The van der Waals surface area contributed by atoms with E-state index in [1.165, 1.54) is 12.1 Å². The Morgan fingerprint density at radius 3 is 1.67 bits per heavy atom. The van der Waals surface area contributed by atoms with Crippen molar-refractivity contribution in [2.45, 2.75) is 29.9 Å².